The Bertz CT molecular complexity index is 1130. The molecule has 0 spiro atoms. The first-order valence-electron chi connectivity index (χ1n) is 9.50. The molecule has 3 aromatic rings. The van der Waals surface area contributed by atoms with E-state index in [1.165, 1.54) is 23.1 Å². The molecule has 1 N–H and O–H groups in total. The molecule has 0 aliphatic carbocycles. The van der Waals surface area contributed by atoms with Crippen LogP contribution in [0.15, 0.2) is 59.7 Å². The summed E-state index contributed by atoms with van der Waals surface area (Å²) in [7, 11) is 0. The predicted molar refractivity (Wildman–Crippen MR) is 107 cm³/mol. The predicted octanol–water partition coefficient (Wildman–Crippen LogP) is 3.20. The maximum atomic E-state index is 12.9. The van der Waals surface area contributed by atoms with E-state index in [9.17, 15) is 14.0 Å². The highest BCUT2D eigenvalue weighted by Gasteiger charge is 2.22. The second-order valence-electron chi connectivity index (χ2n) is 7.14. The number of pyridine rings is 2. The minimum atomic E-state index is -0.920. The minimum Gasteiger partial charge on any atom is -0.487 e. The fourth-order valence-electron chi connectivity index (χ4n) is 3.40. The molecule has 0 saturated carbocycles. The van der Waals surface area contributed by atoms with Gasteiger partial charge in [-0.25, -0.2) is 9.18 Å². The van der Waals surface area contributed by atoms with Gasteiger partial charge in [0.25, 0.3) is 5.56 Å². The molecular formula is C22H20FN3O4. The number of aromatic nitrogens is 2. The lowest BCUT2D eigenvalue weighted by Crippen LogP contribution is -2.22. The standard InChI is InChI=1S/C22H20FN3O4/c23-18-3-4-19(24-11-18)14-30-20-6-8-25(21(27)10-20)7-5-15-1-2-16-12-26(22(28)29)13-17(16)9-15/h1-4,6,8-11H,5,7,12-14H2,(H,28,29). The van der Waals surface area contributed by atoms with Crippen LogP contribution in [0.4, 0.5) is 9.18 Å². The van der Waals surface area contributed by atoms with Crippen LogP contribution in [-0.4, -0.2) is 25.7 Å². The van der Waals surface area contributed by atoms with Crippen LogP contribution in [0.25, 0.3) is 0 Å². The SMILES string of the molecule is O=C(O)N1Cc2ccc(CCn3ccc(OCc4ccc(F)cn4)cc3=O)cc2C1. The Morgan fingerprint density at radius 2 is 1.97 bits per heavy atom. The van der Waals surface area contributed by atoms with Gasteiger partial charge in [-0.05, 0) is 41.3 Å². The first-order chi connectivity index (χ1) is 14.5. The van der Waals surface area contributed by atoms with E-state index in [2.05, 4.69) is 4.98 Å². The Kier molecular flexibility index (Phi) is 5.47. The van der Waals surface area contributed by atoms with Crippen LogP contribution in [0, 0.1) is 5.82 Å². The van der Waals surface area contributed by atoms with Gasteiger partial charge in [-0.2, -0.15) is 0 Å². The fourth-order valence-corrected chi connectivity index (χ4v) is 3.40. The molecule has 8 heteroatoms. The second kappa shape index (κ2) is 8.36. The van der Waals surface area contributed by atoms with Crippen molar-refractivity contribution in [1.82, 2.24) is 14.5 Å². The van der Waals surface area contributed by atoms with Crippen molar-refractivity contribution >= 4 is 6.09 Å². The summed E-state index contributed by atoms with van der Waals surface area (Å²) in [4.78, 5) is 28.8. The van der Waals surface area contributed by atoms with Crippen LogP contribution in [0.3, 0.4) is 0 Å². The van der Waals surface area contributed by atoms with Gasteiger partial charge in [0, 0.05) is 31.9 Å². The summed E-state index contributed by atoms with van der Waals surface area (Å²) in [6.07, 6.45) is 2.53. The monoisotopic (exact) mass is 409 g/mol. The smallest absolute Gasteiger partial charge is 0.407 e. The van der Waals surface area contributed by atoms with Gasteiger partial charge in [0.15, 0.2) is 0 Å². The molecule has 0 bridgehead atoms. The van der Waals surface area contributed by atoms with E-state index in [-0.39, 0.29) is 12.2 Å². The van der Waals surface area contributed by atoms with Crippen LogP contribution in [0.1, 0.15) is 22.4 Å². The van der Waals surface area contributed by atoms with E-state index in [0.29, 0.717) is 37.5 Å². The van der Waals surface area contributed by atoms with E-state index < -0.39 is 11.9 Å². The molecule has 1 aliphatic rings. The zero-order valence-electron chi connectivity index (χ0n) is 16.1. The summed E-state index contributed by atoms with van der Waals surface area (Å²) < 4.78 is 20.0. The molecule has 0 atom stereocenters. The normalized spacial score (nSPS) is 12.6. The lowest BCUT2D eigenvalue weighted by atomic mass is 10.0. The summed E-state index contributed by atoms with van der Waals surface area (Å²) in [6.45, 7) is 1.46. The molecule has 0 saturated heterocycles. The van der Waals surface area contributed by atoms with E-state index in [1.54, 1.807) is 16.8 Å². The number of halogens is 1. The molecule has 1 amide bonds. The van der Waals surface area contributed by atoms with Crippen molar-refractivity contribution in [3.8, 4) is 5.75 Å². The van der Waals surface area contributed by atoms with Gasteiger partial charge in [0.05, 0.1) is 11.9 Å². The van der Waals surface area contributed by atoms with Gasteiger partial charge in [0.2, 0.25) is 0 Å². The van der Waals surface area contributed by atoms with Gasteiger partial charge < -0.3 is 14.4 Å². The van der Waals surface area contributed by atoms with Gasteiger partial charge >= 0.3 is 6.09 Å². The van der Waals surface area contributed by atoms with Crippen molar-refractivity contribution in [2.24, 2.45) is 0 Å². The number of hydrogen-bond donors (Lipinski definition) is 1. The number of fused-ring (bicyclic) bond motifs is 1. The summed E-state index contributed by atoms with van der Waals surface area (Å²) in [6, 6.07) is 11.9. The number of benzene rings is 1. The largest absolute Gasteiger partial charge is 0.487 e. The number of hydrogen-bond acceptors (Lipinski definition) is 4. The Hall–Kier alpha value is -3.68. The molecule has 1 aliphatic heterocycles. The third-order valence-electron chi connectivity index (χ3n) is 5.05. The van der Waals surface area contributed by atoms with Gasteiger partial charge in [0.1, 0.15) is 18.2 Å². The van der Waals surface area contributed by atoms with Crippen LogP contribution in [0.2, 0.25) is 0 Å². The molecule has 2 aromatic heterocycles. The van der Waals surface area contributed by atoms with Crippen LogP contribution in [-0.2, 0) is 32.7 Å². The molecule has 7 nitrogen and oxygen atoms in total. The summed E-state index contributed by atoms with van der Waals surface area (Å²) >= 11 is 0. The first kappa shape index (κ1) is 19.6. The molecule has 3 heterocycles. The number of rotatable bonds is 6. The molecule has 0 unspecified atom stereocenters. The first-order valence-corrected chi connectivity index (χ1v) is 9.50. The molecule has 1 aromatic carbocycles. The highest BCUT2D eigenvalue weighted by atomic mass is 19.1. The molecular weight excluding hydrogens is 389 g/mol. The van der Waals surface area contributed by atoms with Crippen LogP contribution < -0.4 is 10.3 Å². The maximum absolute atomic E-state index is 12.9. The number of nitrogens with zero attached hydrogens (tertiary/aromatic N) is 3. The van der Waals surface area contributed by atoms with Crippen molar-refractivity contribution in [3.05, 3.63) is 93.4 Å². The highest BCUT2D eigenvalue weighted by molar-refractivity contribution is 5.66. The molecule has 0 radical (unpaired) electrons. The number of ether oxygens (including phenoxy) is 1. The van der Waals surface area contributed by atoms with Crippen molar-refractivity contribution in [3.63, 3.8) is 0 Å². The number of aryl methyl sites for hydroxylation is 2. The Labute approximate surface area is 172 Å². The minimum absolute atomic E-state index is 0.145. The van der Waals surface area contributed by atoms with Gasteiger partial charge in [-0.3, -0.25) is 14.7 Å². The summed E-state index contributed by atoms with van der Waals surface area (Å²) in [5.74, 6) is 0.0117. The average Bonchev–Trinajstić information content (AvgIpc) is 3.16. The third-order valence-corrected chi connectivity index (χ3v) is 5.05. The molecule has 0 fully saturated rings. The number of amides is 1. The van der Waals surface area contributed by atoms with Crippen molar-refractivity contribution in [2.45, 2.75) is 32.7 Å². The van der Waals surface area contributed by atoms with Crippen LogP contribution >= 0.6 is 0 Å². The van der Waals surface area contributed by atoms with E-state index in [1.807, 2.05) is 18.2 Å². The number of carbonyl (C=O) groups is 1. The topological polar surface area (TPSA) is 84.7 Å². The fraction of sp³-hybridized carbons (Fsp3) is 0.227. The lowest BCUT2D eigenvalue weighted by Gasteiger charge is -2.09. The Morgan fingerprint density at radius 1 is 1.13 bits per heavy atom. The zero-order chi connectivity index (χ0) is 21.1. The number of carboxylic acid groups (broad SMARTS) is 1. The highest BCUT2D eigenvalue weighted by Crippen LogP contribution is 2.24. The molecule has 4 rings (SSSR count). The maximum Gasteiger partial charge on any atom is 0.407 e. The zero-order valence-corrected chi connectivity index (χ0v) is 16.1. The third kappa shape index (κ3) is 4.48. The Morgan fingerprint density at radius 3 is 2.70 bits per heavy atom. The van der Waals surface area contributed by atoms with E-state index in [4.69, 9.17) is 9.84 Å². The van der Waals surface area contributed by atoms with E-state index in [0.717, 1.165) is 22.9 Å². The lowest BCUT2D eigenvalue weighted by molar-refractivity contribution is 0.145. The summed E-state index contributed by atoms with van der Waals surface area (Å²) in [5.41, 5.74) is 3.47. The molecule has 154 valence electrons. The molecule has 30 heavy (non-hydrogen) atoms. The second-order valence-corrected chi connectivity index (χ2v) is 7.14. The summed E-state index contributed by atoms with van der Waals surface area (Å²) in [5, 5.41) is 9.13. The van der Waals surface area contributed by atoms with Crippen LogP contribution in [0.5, 0.6) is 5.75 Å². The average molecular weight is 409 g/mol. The quantitative estimate of drug-likeness (QED) is 0.676. The van der Waals surface area contributed by atoms with Crippen molar-refractivity contribution in [1.29, 1.82) is 0 Å². The van der Waals surface area contributed by atoms with Gasteiger partial charge in [-0.1, -0.05) is 18.2 Å². The van der Waals surface area contributed by atoms with Crippen molar-refractivity contribution in [2.75, 3.05) is 0 Å². The van der Waals surface area contributed by atoms with E-state index >= 15 is 0 Å². The van der Waals surface area contributed by atoms with Gasteiger partial charge in [-0.15, -0.1) is 0 Å². The Balaban J connectivity index is 1.35. The van der Waals surface area contributed by atoms with Crippen molar-refractivity contribution < 1.29 is 19.0 Å².